The zero-order valence-electron chi connectivity index (χ0n) is 85.7. The standard InChI is InChI=1S/C56H72N4O11S.C55H73N3O12S.3CH4/c1-8-9-10-11-12-13-14-15-16-17-18-19-20-21-43(62)71-42-26-35-22-23-58-56(37(35)27-41(42)65-6)30-72-54-46-45(53-52(68-31-69-53)33(3)51(46)70-34(4)61)40(29-67-55(56)64)60-39(28-57)38-25-36-24-32(2)50(66-7)49(63)44(36)47(48(54)60)59(38)5;1-8-9-10-11-12-13-14-15-16-17-18-19-20-21-41(60)70-40-26-34-22-23-56-55(36(34)27-39(40)64-6)29-71-52-44-43(51-50(67-30-68-51)32(3)49(44)69-33(4)59)38(28-66-54(55)63)58-46(52)45-42-35(25-37(53(58)62)57(45)5)24-31(2)48(65-7)47(42)61;;;/h24,26-27,38-40,47-48,54,58,63H,8-23,25,29-31H2,1-7H3;24,26-27,37-38,45-46,52-53,56,61-62H,8-23,25,28-30H2,1-7H3;3*1H4/t38-,39-,40-,47+,48?,54+,56+;37-,38-,45+,46?,52+,53-,55+;;;/m00.../s1. The number of fused-ring (bicyclic) bond motifs is 18. The Bertz CT molecular complexity index is 5790. The SMILES string of the molecule is C.C.C.CCCCCCCCCCCCCCCC(=O)Oc1cc2c(cc1OC)[C@@]1(CS[C@@H]3c4c(OC(C)=O)c(C)c5c(c4[C@H](COC1=O)N1C3[C@H]3c4c(cc(C)c(OC)c4O)C[C@@H]([C@@H]1C#N)N3C)OCO5)NCC2.CCCCCCCCCCCCCCCC(=O)Oc1cc2c(cc1OC)[C@@]1(CS[C@@H]3c4c(OC(C)=O)c(C)c5c(c4[C@H](COC1=O)N1C3[C@H]3c4c(cc(C)c(OC)c4O)C[C@@H]([C@@H]1O)N3C)OCO5)NCC2. The highest BCUT2D eigenvalue weighted by molar-refractivity contribution is 7.99. The zero-order valence-corrected chi connectivity index (χ0v) is 87.4. The number of hydrogen-bond acceptors (Lipinski definition) is 32. The quantitative estimate of drug-likeness (QED) is 0.0139. The molecule has 0 aliphatic carbocycles. The Balaban J connectivity index is 0.000000226. The monoisotopic (exact) mass is 2060 g/mol. The van der Waals surface area contributed by atoms with Crippen LogP contribution in [0.3, 0.4) is 0 Å². The van der Waals surface area contributed by atoms with Gasteiger partial charge in [-0.3, -0.25) is 49.4 Å². The molecule has 4 saturated heterocycles. The first-order valence-electron chi connectivity index (χ1n) is 52.3. The molecular weight excluding hydrogens is 1900 g/mol. The number of aliphatic hydroxyl groups is 1. The Morgan fingerprint density at radius 1 is 0.452 bits per heavy atom. The second-order valence-corrected chi connectivity index (χ2v) is 43.2. The highest BCUT2D eigenvalue weighted by Gasteiger charge is 2.65. The number of methoxy groups -OCH3 is 4. The number of hydrogen-bond donors (Lipinski definition) is 5. The van der Waals surface area contributed by atoms with Crippen molar-refractivity contribution in [2.24, 2.45) is 0 Å². The lowest BCUT2D eigenvalue weighted by molar-refractivity contribution is -0.186. The van der Waals surface area contributed by atoms with E-state index in [0.29, 0.717) is 176 Å². The number of aliphatic hydroxyl groups excluding tert-OH is 1. The van der Waals surface area contributed by atoms with E-state index < -0.39 is 100 Å². The maximum atomic E-state index is 15.2. The number of piperazine rings is 2. The highest BCUT2D eigenvalue weighted by Crippen LogP contribution is 2.68. The summed E-state index contributed by atoms with van der Waals surface area (Å²) in [6.45, 7) is 15.0. The minimum absolute atomic E-state index is 0. The first-order valence-corrected chi connectivity index (χ1v) is 54.4. The molecule has 30 nitrogen and oxygen atoms in total. The molecule has 4 fully saturated rings. The van der Waals surface area contributed by atoms with Gasteiger partial charge in [0.05, 0.1) is 75.2 Å². The molecule has 2 unspecified atom stereocenters. The van der Waals surface area contributed by atoms with Crippen molar-refractivity contribution in [3.63, 3.8) is 0 Å². The van der Waals surface area contributed by atoms with Crippen LogP contribution < -0.4 is 67.5 Å². The van der Waals surface area contributed by atoms with Crippen LogP contribution in [0, 0.1) is 39.0 Å². The van der Waals surface area contributed by atoms with Crippen molar-refractivity contribution in [2.75, 3.05) is 93.9 Å². The molecule has 32 heteroatoms. The summed E-state index contributed by atoms with van der Waals surface area (Å²) in [6, 6.07) is 8.81. The molecule has 5 N–H and O–H groups in total. The molecule has 146 heavy (non-hydrogen) atoms. The molecule has 8 bridgehead atoms. The van der Waals surface area contributed by atoms with E-state index in [2.05, 4.69) is 51.3 Å². The number of carbonyl (C=O) groups excluding carboxylic acids is 6. The molecule has 14 aliphatic rings. The molecule has 14 atom stereocenters. The van der Waals surface area contributed by atoms with Crippen molar-refractivity contribution in [1.29, 1.82) is 5.26 Å². The second kappa shape index (κ2) is 48.8. The number of nitrogens with zero attached hydrogens (tertiary/aromatic N) is 5. The predicted molar refractivity (Wildman–Crippen MR) is 561 cm³/mol. The molecule has 20 rings (SSSR count). The fraction of sp³-hybridized carbons (Fsp3) is 0.623. The molecule has 0 aromatic heterocycles. The van der Waals surface area contributed by atoms with Crippen LogP contribution in [0.2, 0.25) is 0 Å². The third-order valence-electron chi connectivity index (χ3n) is 32.1. The number of nitrogens with one attached hydrogen (secondary N) is 2. The minimum Gasteiger partial charge on any atom is -0.504 e. The van der Waals surface area contributed by atoms with Gasteiger partial charge in [-0.25, -0.2) is 9.59 Å². The molecule has 0 saturated carbocycles. The summed E-state index contributed by atoms with van der Waals surface area (Å²) in [6.07, 6.45) is 33.1. The lowest BCUT2D eigenvalue weighted by Crippen LogP contribution is -2.70. The van der Waals surface area contributed by atoms with Gasteiger partial charge in [-0.1, -0.05) is 202 Å². The summed E-state index contributed by atoms with van der Waals surface area (Å²) in [5, 5.41) is 54.4. The summed E-state index contributed by atoms with van der Waals surface area (Å²) >= 11 is 2.97. The van der Waals surface area contributed by atoms with E-state index in [1.807, 2.05) is 64.9 Å². The van der Waals surface area contributed by atoms with Crippen LogP contribution in [0.25, 0.3) is 0 Å². The van der Waals surface area contributed by atoms with Gasteiger partial charge in [0.15, 0.2) is 80.1 Å². The van der Waals surface area contributed by atoms with E-state index in [1.165, 1.54) is 180 Å². The maximum absolute atomic E-state index is 15.2. The van der Waals surface area contributed by atoms with Crippen molar-refractivity contribution in [3.05, 3.63) is 125 Å². The lowest BCUT2D eigenvalue weighted by Gasteiger charge is -2.62. The number of nitriles is 1. The summed E-state index contributed by atoms with van der Waals surface area (Å²) in [4.78, 5) is 91.8. The van der Waals surface area contributed by atoms with Crippen LogP contribution in [0.4, 0.5) is 0 Å². The van der Waals surface area contributed by atoms with Gasteiger partial charge in [0.1, 0.15) is 37.0 Å². The van der Waals surface area contributed by atoms with Crippen LogP contribution >= 0.6 is 23.5 Å². The minimum atomic E-state index is -1.41. The molecule has 0 radical (unpaired) electrons. The lowest BCUT2D eigenvalue weighted by atomic mass is 9.71. The summed E-state index contributed by atoms with van der Waals surface area (Å²) in [7, 11) is 10.1. The van der Waals surface area contributed by atoms with E-state index in [-0.39, 0.29) is 90.1 Å². The average Bonchev–Trinajstić information content (AvgIpc) is 0.997. The molecule has 14 heterocycles. The topological polar surface area (TPSA) is 353 Å². The van der Waals surface area contributed by atoms with E-state index in [0.717, 1.165) is 71.9 Å². The number of thioether (sulfide) groups is 2. The van der Waals surface area contributed by atoms with E-state index >= 15 is 9.59 Å². The number of aryl methyl sites for hydroxylation is 2. The molecule has 6 aromatic carbocycles. The number of unbranched alkanes of at least 4 members (excludes halogenated alkanes) is 24. The van der Waals surface area contributed by atoms with Crippen molar-refractivity contribution in [1.82, 2.24) is 30.2 Å². The van der Waals surface area contributed by atoms with Crippen LogP contribution in [0.5, 0.6) is 80.5 Å². The van der Waals surface area contributed by atoms with E-state index in [4.69, 9.17) is 66.3 Å². The van der Waals surface area contributed by atoms with Gasteiger partial charge in [0.2, 0.25) is 13.6 Å². The van der Waals surface area contributed by atoms with Crippen LogP contribution in [0.15, 0.2) is 36.4 Å². The fourth-order valence-corrected chi connectivity index (χ4v) is 28.6. The number of phenolic OH excluding ortho intramolecular Hbond substituents is 2. The Morgan fingerprint density at radius 2 is 0.815 bits per heavy atom. The van der Waals surface area contributed by atoms with Gasteiger partial charge in [-0.2, -0.15) is 5.26 Å². The van der Waals surface area contributed by atoms with Gasteiger partial charge in [-0.15, -0.1) is 23.5 Å². The molecule has 6 aromatic rings. The third-order valence-corrected chi connectivity index (χ3v) is 35.0. The van der Waals surface area contributed by atoms with Gasteiger partial charge in [0, 0.05) is 114 Å². The van der Waals surface area contributed by atoms with Crippen molar-refractivity contribution in [2.45, 2.75) is 365 Å². The van der Waals surface area contributed by atoms with Gasteiger partial charge in [0.25, 0.3) is 0 Å². The second-order valence-electron chi connectivity index (χ2n) is 40.9. The van der Waals surface area contributed by atoms with Gasteiger partial charge < -0.3 is 81.6 Å². The summed E-state index contributed by atoms with van der Waals surface area (Å²) < 4.78 is 85.7. The van der Waals surface area contributed by atoms with Crippen molar-refractivity contribution in [3.8, 4) is 86.6 Å². The van der Waals surface area contributed by atoms with Crippen molar-refractivity contribution >= 4 is 59.3 Å². The normalized spacial score (nSPS) is 24.5. The number of ether oxygens (including phenoxy) is 14. The van der Waals surface area contributed by atoms with E-state index in [9.17, 15) is 39.8 Å². The molecule has 14 aliphatic heterocycles. The number of aromatic hydroxyl groups is 2. The summed E-state index contributed by atoms with van der Waals surface area (Å²) in [5.41, 5.74) is 8.69. The number of esters is 6. The fourth-order valence-electron chi connectivity index (χ4n) is 25.2. The molecule has 798 valence electrons. The first kappa shape index (κ1) is 112. The van der Waals surface area contributed by atoms with Crippen LogP contribution in [-0.2, 0) is 75.0 Å². The number of carbonyl (C=O) groups is 6. The Morgan fingerprint density at radius 3 is 1.19 bits per heavy atom. The average molecular weight is 2060 g/mol. The van der Waals surface area contributed by atoms with Gasteiger partial charge >= 0.3 is 35.8 Å². The summed E-state index contributed by atoms with van der Waals surface area (Å²) in [5.74, 6) is 2.01. The number of phenols is 2. The maximum Gasteiger partial charge on any atom is 0.331 e. The Kier molecular flexibility index (Phi) is 37.3. The Labute approximate surface area is 871 Å². The first-order chi connectivity index (χ1) is 69.2. The third kappa shape index (κ3) is 21.3. The molecule has 2 spiro atoms. The van der Waals surface area contributed by atoms with E-state index in [1.54, 1.807) is 26.4 Å². The number of rotatable bonds is 36. The predicted octanol–water partition coefficient (Wildman–Crippen LogP) is 20.7. The smallest absolute Gasteiger partial charge is 0.331 e. The molecular formula is C114H157N7O23S2. The zero-order chi connectivity index (χ0) is 101. The van der Waals surface area contributed by atoms with Crippen LogP contribution in [-0.4, -0.2) is 201 Å². The molecule has 0 amide bonds. The largest absolute Gasteiger partial charge is 0.504 e. The number of likely N-dealkylation sites (N-methyl/N-ethyl adjacent to an activating group) is 2. The Hall–Kier alpha value is -9.95. The number of benzene rings is 6. The van der Waals surface area contributed by atoms with Crippen molar-refractivity contribution < 1.29 is 110 Å². The highest BCUT2D eigenvalue weighted by atomic mass is 32.2. The van der Waals surface area contributed by atoms with Gasteiger partial charge in [-0.05, 0) is 149 Å². The van der Waals surface area contributed by atoms with Crippen LogP contribution in [0.1, 0.15) is 353 Å².